The van der Waals surface area contributed by atoms with Gasteiger partial charge in [0.15, 0.2) is 0 Å². The first-order valence-electron chi connectivity index (χ1n) is 16.5. The highest BCUT2D eigenvalue weighted by Gasteiger charge is 2.44. The molecule has 0 unspecified atom stereocenters. The Bertz CT molecular complexity index is 1310. The number of hydrogen-bond donors (Lipinski definition) is 2. The molecule has 10 heteroatoms. The summed E-state index contributed by atoms with van der Waals surface area (Å²) in [4.78, 5) is 24.7. The van der Waals surface area contributed by atoms with E-state index in [4.69, 9.17) is 11.6 Å². The molecule has 2 saturated carbocycles. The number of hydrogen-bond acceptors (Lipinski definition) is 6. The maximum Gasteiger partial charge on any atom is 0.240 e. The molecule has 3 heterocycles. The summed E-state index contributed by atoms with van der Waals surface area (Å²) in [5, 5.41) is 12.4. The zero-order chi connectivity index (χ0) is 30.4. The molecule has 1 saturated heterocycles. The number of amides is 1. The summed E-state index contributed by atoms with van der Waals surface area (Å²) in [5.41, 5.74) is 1.27. The highest BCUT2D eigenvalue weighted by atomic mass is 35.5. The topological polar surface area (TPSA) is 88.0 Å². The van der Waals surface area contributed by atoms with Crippen LogP contribution in [-0.4, -0.2) is 61.8 Å². The molecule has 236 valence electrons. The Balaban J connectivity index is 1.10. The summed E-state index contributed by atoms with van der Waals surface area (Å²) in [6.45, 7) is 2.45. The van der Waals surface area contributed by atoms with Crippen LogP contribution >= 0.6 is 11.6 Å². The predicted molar refractivity (Wildman–Crippen MR) is 171 cm³/mol. The monoisotopic (exact) mass is 621 g/mol. The van der Waals surface area contributed by atoms with E-state index in [1.165, 1.54) is 44.4 Å². The maximum atomic E-state index is 14.2. The van der Waals surface area contributed by atoms with Crippen LogP contribution in [0.25, 0.3) is 0 Å². The summed E-state index contributed by atoms with van der Waals surface area (Å²) in [6, 6.07) is 11.3. The van der Waals surface area contributed by atoms with Crippen molar-refractivity contribution in [2.75, 3.05) is 18.4 Å². The molecular weight excluding hydrogens is 577 g/mol. The number of halogens is 2. The second-order valence-electron chi connectivity index (χ2n) is 13.2. The molecule has 2 aliphatic carbocycles. The van der Waals surface area contributed by atoms with Crippen LogP contribution in [0.2, 0.25) is 5.02 Å². The molecule has 3 aliphatic rings. The molecule has 6 rings (SSSR count). The minimum atomic E-state index is -0.330. The van der Waals surface area contributed by atoms with Crippen molar-refractivity contribution in [2.24, 2.45) is 11.3 Å². The van der Waals surface area contributed by atoms with Gasteiger partial charge in [0, 0.05) is 36.7 Å². The first-order chi connectivity index (χ1) is 21.5. The molecule has 3 fully saturated rings. The van der Waals surface area contributed by atoms with Crippen LogP contribution in [0.5, 0.6) is 0 Å². The lowest BCUT2D eigenvalue weighted by Crippen LogP contribution is -2.55. The molecule has 44 heavy (non-hydrogen) atoms. The van der Waals surface area contributed by atoms with Gasteiger partial charge in [-0.05, 0) is 98.9 Å². The van der Waals surface area contributed by atoms with Gasteiger partial charge >= 0.3 is 0 Å². The lowest BCUT2D eigenvalue weighted by Gasteiger charge is -2.48. The molecule has 0 bridgehead atoms. The van der Waals surface area contributed by atoms with Crippen molar-refractivity contribution >= 4 is 23.3 Å². The van der Waals surface area contributed by atoms with E-state index in [1.54, 1.807) is 12.4 Å². The fraction of sp³-hybridized carbons (Fsp3) is 0.588. The quantitative estimate of drug-likeness (QED) is 0.277. The Morgan fingerprint density at radius 1 is 0.977 bits per heavy atom. The van der Waals surface area contributed by atoms with E-state index in [0.29, 0.717) is 23.2 Å². The molecule has 1 aliphatic heterocycles. The van der Waals surface area contributed by atoms with Gasteiger partial charge in [-0.2, -0.15) is 5.10 Å². The number of nitrogens with one attached hydrogen (secondary N) is 2. The van der Waals surface area contributed by atoms with Gasteiger partial charge in [0.25, 0.3) is 0 Å². The molecule has 3 aromatic rings. The number of carbonyl (C=O) groups is 1. The van der Waals surface area contributed by atoms with Crippen LogP contribution in [-0.2, 0) is 17.8 Å². The molecule has 2 aromatic heterocycles. The van der Waals surface area contributed by atoms with Crippen LogP contribution in [0.4, 0.5) is 10.2 Å². The second kappa shape index (κ2) is 14.4. The number of rotatable bonds is 10. The molecule has 1 aromatic carbocycles. The maximum absolute atomic E-state index is 14.2. The Morgan fingerprint density at radius 3 is 2.36 bits per heavy atom. The molecular formula is C34H45ClFN7O. The SMILES string of the molecule is O=C([C@@H](Cc1ccc(Cl)cc1)N[C@H]1CC[C@H](Nc2ccc(F)cn2)CC1)N1CCC(Cn2cncn2)(C2CCCCC2)CC1. The van der Waals surface area contributed by atoms with E-state index >= 15 is 0 Å². The highest BCUT2D eigenvalue weighted by molar-refractivity contribution is 6.30. The predicted octanol–water partition coefficient (Wildman–Crippen LogP) is 6.28. The fourth-order valence-corrected chi connectivity index (χ4v) is 8.00. The van der Waals surface area contributed by atoms with E-state index < -0.39 is 0 Å². The average Bonchev–Trinajstić information content (AvgIpc) is 3.57. The zero-order valence-corrected chi connectivity index (χ0v) is 26.3. The Morgan fingerprint density at radius 2 is 1.70 bits per heavy atom. The first kappa shape index (κ1) is 31.0. The minimum Gasteiger partial charge on any atom is -0.367 e. The third-order valence-corrected chi connectivity index (χ3v) is 10.6. The van der Waals surface area contributed by atoms with Gasteiger partial charge in [0.05, 0.1) is 12.2 Å². The highest BCUT2D eigenvalue weighted by Crippen LogP contribution is 2.47. The van der Waals surface area contributed by atoms with Crippen molar-refractivity contribution < 1.29 is 9.18 Å². The zero-order valence-electron chi connectivity index (χ0n) is 25.5. The van der Waals surface area contributed by atoms with Gasteiger partial charge in [-0.15, -0.1) is 0 Å². The van der Waals surface area contributed by atoms with Gasteiger partial charge in [-0.3, -0.25) is 9.48 Å². The Hall–Kier alpha value is -3.04. The molecule has 1 atom stereocenters. The summed E-state index contributed by atoms with van der Waals surface area (Å²) in [7, 11) is 0. The van der Waals surface area contributed by atoms with Gasteiger partial charge < -0.3 is 15.5 Å². The van der Waals surface area contributed by atoms with Gasteiger partial charge in [-0.1, -0.05) is 43.0 Å². The van der Waals surface area contributed by atoms with E-state index in [0.717, 1.165) is 63.7 Å². The second-order valence-corrected chi connectivity index (χ2v) is 13.7. The van der Waals surface area contributed by atoms with Gasteiger partial charge in [-0.25, -0.2) is 14.4 Å². The van der Waals surface area contributed by atoms with E-state index in [2.05, 4.69) is 30.6 Å². The number of piperidine rings is 1. The lowest BCUT2D eigenvalue weighted by molar-refractivity contribution is -0.137. The third kappa shape index (κ3) is 7.78. The Labute approximate surface area is 265 Å². The number of aromatic nitrogens is 4. The number of anilines is 1. The normalized spacial score (nSPS) is 23.3. The molecule has 0 radical (unpaired) electrons. The molecule has 8 nitrogen and oxygen atoms in total. The largest absolute Gasteiger partial charge is 0.367 e. The summed E-state index contributed by atoms with van der Waals surface area (Å²) < 4.78 is 15.3. The van der Waals surface area contributed by atoms with E-state index in [9.17, 15) is 9.18 Å². The van der Waals surface area contributed by atoms with Crippen LogP contribution < -0.4 is 10.6 Å². The summed E-state index contributed by atoms with van der Waals surface area (Å²) in [5.74, 6) is 1.25. The van der Waals surface area contributed by atoms with Gasteiger partial charge in [0.1, 0.15) is 24.3 Å². The van der Waals surface area contributed by atoms with Crippen molar-refractivity contribution in [2.45, 2.75) is 102 Å². The number of carbonyl (C=O) groups excluding carboxylic acids is 1. The Kier molecular flexibility index (Phi) is 10.1. The average molecular weight is 622 g/mol. The first-order valence-corrected chi connectivity index (χ1v) is 16.8. The van der Waals surface area contributed by atoms with Crippen LogP contribution in [0, 0.1) is 17.2 Å². The molecule has 1 amide bonds. The van der Waals surface area contributed by atoms with Crippen LogP contribution in [0.15, 0.2) is 55.2 Å². The van der Waals surface area contributed by atoms with Crippen molar-refractivity contribution in [3.05, 3.63) is 71.7 Å². The smallest absolute Gasteiger partial charge is 0.240 e. The van der Waals surface area contributed by atoms with E-state index in [-0.39, 0.29) is 35.3 Å². The fourth-order valence-electron chi connectivity index (χ4n) is 7.87. The van der Waals surface area contributed by atoms with Gasteiger partial charge in [0.2, 0.25) is 5.91 Å². The number of benzene rings is 1. The van der Waals surface area contributed by atoms with Crippen molar-refractivity contribution in [3.63, 3.8) is 0 Å². The molecule has 0 spiro atoms. The van der Waals surface area contributed by atoms with Crippen molar-refractivity contribution in [1.82, 2.24) is 30.0 Å². The van der Waals surface area contributed by atoms with Crippen LogP contribution in [0.3, 0.4) is 0 Å². The summed E-state index contributed by atoms with van der Waals surface area (Å²) in [6.07, 6.45) is 17.7. The molecule has 2 N–H and O–H groups in total. The van der Waals surface area contributed by atoms with Crippen molar-refractivity contribution in [1.29, 1.82) is 0 Å². The standard InChI is InChI=1S/C34H45ClFN7O/c35-27-8-6-25(7-9-27)20-31(40-29-11-13-30(14-12-29)41-32-15-10-28(36)21-38-32)33(44)42-18-16-34(17-19-42,22-43-24-37-23-39-43)26-4-2-1-3-5-26/h6-10,15,21,23-24,26,29-31,40H,1-5,11-14,16-20,22H2,(H,38,41)/t29-,30-,31-/m1/s1. The number of nitrogens with zero attached hydrogens (tertiary/aromatic N) is 5. The number of likely N-dealkylation sites (tertiary alicyclic amines) is 1. The van der Waals surface area contributed by atoms with Crippen molar-refractivity contribution in [3.8, 4) is 0 Å². The third-order valence-electron chi connectivity index (χ3n) is 10.4. The van der Waals surface area contributed by atoms with Crippen LogP contribution in [0.1, 0.15) is 76.2 Å². The lowest BCUT2D eigenvalue weighted by atomic mass is 9.63. The summed E-state index contributed by atoms with van der Waals surface area (Å²) >= 11 is 6.18. The minimum absolute atomic E-state index is 0.161. The number of pyridine rings is 1. The van der Waals surface area contributed by atoms with E-state index in [1.807, 2.05) is 35.3 Å².